The first-order valence-corrected chi connectivity index (χ1v) is 4.35. The fourth-order valence-electron chi connectivity index (χ4n) is 1.36. The van der Waals surface area contributed by atoms with E-state index in [-0.39, 0.29) is 6.10 Å². The van der Waals surface area contributed by atoms with Gasteiger partial charge in [-0.2, -0.15) is 0 Å². The second kappa shape index (κ2) is 4.55. The minimum absolute atomic E-state index is 0.214. The van der Waals surface area contributed by atoms with E-state index >= 15 is 0 Å². The van der Waals surface area contributed by atoms with Gasteiger partial charge < -0.3 is 4.74 Å². The van der Waals surface area contributed by atoms with Crippen molar-refractivity contribution in [1.82, 2.24) is 0 Å². The van der Waals surface area contributed by atoms with Crippen molar-refractivity contribution in [3.63, 3.8) is 0 Å². The molecule has 1 rings (SSSR count). The topological polar surface area (TPSA) is 9.23 Å². The van der Waals surface area contributed by atoms with E-state index in [4.69, 9.17) is 4.74 Å². The molecule has 0 saturated carbocycles. The van der Waals surface area contributed by atoms with E-state index in [0.717, 1.165) is 19.4 Å². The fraction of sp³-hybridized carbons (Fsp3) is 0.700. The summed E-state index contributed by atoms with van der Waals surface area (Å²) in [5.74, 6) is 0.647. The zero-order chi connectivity index (χ0) is 8.10. The van der Waals surface area contributed by atoms with Crippen molar-refractivity contribution in [3.05, 3.63) is 19.1 Å². The van der Waals surface area contributed by atoms with Crippen LogP contribution in [-0.2, 0) is 4.74 Å². The van der Waals surface area contributed by atoms with Crippen LogP contribution < -0.4 is 0 Å². The maximum absolute atomic E-state index is 5.47. The second-order valence-corrected chi connectivity index (χ2v) is 2.94. The first-order chi connectivity index (χ1) is 5.36. The molecule has 0 amide bonds. The molecule has 1 aliphatic rings. The van der Waals surface area contributed by atoms with E-state index < -0.39 is 0 Å². The van der Waals surface area contributed by atoms with E-state index in [1.807, 2.05) is 6.08 Å². The predicted octanol–water partition coefficient (Wildman–Crippen LogP) is 2.46. The summed E-state index contributed by atoms with van der Waals surface area (Å²) in [6.07, 6.45) is 8.77. The molecule has 1 heterocycles. The quantitative estimate of drug-likeness (QED) is 0.564. The van der Waals surface area contributed by atoms with Crippen LogP contribution >= 0.6 is 0 Å². The van der Waals surface area contributed by atoms with Gasteiger partial charge in [0.1, 0.15) is 0 Å². The van der Waals surface area contributed by atoms with Crippen molar-refractivity contribution < 1.29 is 4.74 Å². The maximum atomic E-state index is 5.47. The van der Waals surface area contributed by atoms with E-state index in [1.54, 1.807) is 0 Å². The van der Waals surface area contributed by atoms with E-state index in [9.17, 15) is 0 Å². The Morgan fingerprint density at radius 2 is 2.55 bits per heavy atom. The lowest BCUT2D eigenvalue weighted by Gasteiger charge is -2.27. The monoisotopic (exact) mass is 152 g/mol. The lowest BCUT2D eigenvalue weighted by molar-refractivity contribution is 0.0317. The summed E-state index contributed by atoms with van der Waals surface area (Å²) >= 11 is 0. The Hall–Kier alpha value is -0.300. The molecular formula is C10H16O. The molecule has 0 aromatic carbocycles. The zero-order valence-electron chi connectivity index (χ0n) is 7.18. The normalized spacial score (nSPS) is 31.7. The molecule has 1 saturated heterocycles. The molecule has 0 aromatic heterocycles. The summed E-state index contributed by atoms with van der Waals surface area (Å²) < 4.78 is 5.47. The number of ether oxygens (including phenoxy) is 1. The molecule has 0 aliphatic carbocycles. The largest absolute Gasteiger partial charge is 0.377 e. The lowest BCUT2D eigenvalue weighted by Crippen LogP contribution is -2.25. The molecule has 1 nitrogen and oxygen atoms in total. The molecular weight excluding hydrogens is 136 g/mol. The third-order valence-electron chi connectivity index (χ3n) is 2.08. The summed E-state index contributed by atoms with van der Waals surface area (Å²) in [4.78, 5) is 0. The SMILES string of the molecule is C=CCC1[C]C(CC)CCO1. The molecule has 1 heteroatoms. The molecule has 0 N–H and O–H groups in total. The highest BCUT2D eigenvalue weighted by Crippen LogP contribution is 2.23. The highest BCUT2D eigenvalue weighted by Gasteiger charge is 2.20. The Kier molecular flexibility index (Phi) is 3.64. The Morgan fingerprint density at radius 3 is 3.18 bits per heavy atom. The fourth-order valence-corrected chi connectivity index (χ4v) is 1.36. The Bertz CT molecular complexity index is 120. The van der Waals surface area contributed by atoms with Crippen molar-refractivity contribution in [2.45, 2.75) is 32.3 Å². The van der Waals surface area contributed by atoms with Gasteiger partial charge in [0.05, 0.1) is 6.10 Å². The van der Waals surface area contributed by atoms with Crippen LogP contribution in [0.2, 0.25) is 0 Å². The Balaban J connectivity index is 2.27. The molecule has 1 aliphatic heterocycles. The Labute approximate surface area is 69.4 Å². The summed E-state index contributed by atoms with van der Waals surface area (Å²) in [6.45, 7) is 6.78. The minimum atomic E-state index is 0.214. The highest BCUT2D eigenvalue weighted by atomic mass is 16.5. The lowest BCUT2D eigenvalue weighted by atomic mass is 9.92. The minimum Gasteiger partial charge on any atom is -0.377 e. The number of rotatable bonds is 3. The van der Waals surface area contributed by atoms with Crippen LogP contribution in [-0.4, -0.2) is 12.7 Å². The maximum Gasteiger partial charge on any atom is 0.0681 e. The highest BCUT2D eigenvalue weighted by molar-refractivity contribution is 4.91. The van der Waals surface area contributed by atoms with E-state index in [1.165, 1.54) is 6.42 Å². The second-order valence-electron chi connectivity index (χ2n) is 2.94. The molecule has 2 unspecified atom stereocenters. The first-order valence-electron chi connectivity index (χ1n) is 4.35. The number of hydrogen-bond donors (Lipinski definition) is 0. The van der Waals surface area contributed by atoms with Crippen molar-refractivity contribution in [2.24, 2.45) is 5.92 Å². The van der Waals surface area contributed by atoms with Crippen LogP contribution in [0.3, 0.4) is 0 Å². The van der Waals surface area contributed by atoms with Crippen molar-refractivity contribution in [1.29, 1.82) is 0 Å². The van der Waals surface area contributed by atoms with Gasteiger partial charge in [0, 0.05) is 13.0 Å². The van der Waals surface area contributed by atoms with Crippen LogP contribution in [0, 0.1) is 12.3 Å². The zero-order valence-corrected chi connectivity index (χ0v) is 7.18. The summed E-state index contributed by atoms with van der Waals surface area (Å²) in [6, 6.07) is 0. The van der Waals surface area contributed by atoms with Gasteiger partial charge in [0.15, 0.2) is 0 Å². The standard InChI is InChI=1S/C10H16O/c1-3-5-10-8-9(4-2)6-7-11-10/h3,9-10H,1,4-7H2,2H3. The van der Waals surface area contributed by atoms with Crippen molar-refractivity contribution in [2.75, 3.05) is 6.61 Å². The van der Waals surface area contributed by atoms with Gasteiger partial charge in [0.2, 0.25) is 0 Å². The van der Waals surface area contributed by atoms with Crippen LogP contribution in [0.5, 0.6) is 0 Å². The molecule has 1 fully saturated rings. The van der Waals surface area contributed by atoms with Gasteiger partial charge in [-0.05, 0) is 18.8 Å². The third kappa shape index (κ3) is 2.66. The van der Waals surface area contributed by atoms with Gasteiger partial charge in [0.25, 0.3) is 0 Å². The molecule has 0 spiro atoms. The molecule has 11 heavy (non-hydrogen) atoms. The third-order valence-corrected chi connectivity index (χ3v) is 2.08. The van der Waals surface area contributed by atoms with Crippen LogP contribution in [0.4, 0.5) is 0 Å². The van der Waals surface area contributed by atoms with Crippen molar-refractivity contribution in [3.8, 4) is 0 Å². The summed E-state index contributed by atoms with van der Waals surface area (Å²) in [7, 11) is 0. The summed E-state index contributed by atoms with van der Waals surface area (Å²) in [5.41, 5.74) is 0. The predicted molar refractivity (Wildman–Crippen MR) is 46.2 cm³/mol. The van der Waals surface area contributed by atoms with Crippen molar-refractivity contribution >= 4 is 0 Å². The van der Waals surface area contributed by atoms with Crippen LogP contribution in [0.15, 0.2) is 12.7 Å². The van der Waals surface area contributed by atoms with Gasteiger partial charge >= 0.3 is 0 Å². The smallest absolute Gasteiger partial charge is 0.0681 e. The first kappa shape index (κ1) is 8.79. The van der Waals surface area contributed by atoms with Gasteiger partial charge in [-0.1, -0.05) is 19.4 Å². The van der Waals surface area contributed by atoms with Gasteiger partial charge in [-0.15, -0.1) is 6.58 Å². The van der Waals surface area contributed by atoms with Crippen LogP contribution in [0.25, 0.3) is 0 Å². The summed E-state index contributed by atoms with van der Waals surface area (Å²) in [5, 5.41) is 0. The molecule has 2 atom stereocenters. The molecule has 0 bridgehead atoms. The Morgan fingerprint density at radius 1 is 1.73 bits per heavy atom. The number of hydrogen-bond acceptors (Lipinski definition) is 1. The van der Waals surface area contributed by atoms with Gasteiger partial charge in [-0.3, -0.25) is 0 Å². The van der Waals surface area contributed by atoms with Crippen LogP contribution in [0.1, 0.15) is 26.2 Å². The van der Waals surface area contributed by atoms with E-state index in [0.29, 0.717) is 5.92 Å². The van der Waals surface area contributed by atoms with E-state index in [2.05, 4.69) is 19.9 Å². The molecule has 62 valence electrons. The molecule has 2 radical (unpaired) electrons. The van der Waals surface area contributed by atoms with Gasteiger partial charge in [-0.25, -0.2) is 0 Å². The average molecular weight is 152 g/mol. The molecule has 0 aromatic rings. The average Bonchev–Trinajstić information content (AvgIpc) is 2.06.